The van der Waals surface area contributed by atoms with Crippen molar-refractivity contribution in [2.75, 3.05) is 0 Å². The maximum atomic E-state index is 10.9. The molecular formula is C10H9BrClNO4. The Hall–Kier alpha value is -0.850. The van der Waals surface area contributed by atoms with Crippen LogP contribution >= 0.6 is 27.5 Å². The summed E-state index contributed by atoms with van der Waals surface area (Å²) < 4.78 is 5.93. The Labute approximate surface area is 111 Å². The van der Waals surface area contributed by atoms with Crippen molar-refractivity contribution in [1.82, 2.24) is 0 Å². The van der Waals surface area contributed by atoms with Gasteiger partial charge in [-0.25, -0.2) is 0 Å². The third kappa shape index (κ3) is 2.70. The monoisotopic (exact) mass is 321 g/mol. The number of rotatable bonds is 3. The van der Waals surface area contributed by atoms with Gasteiger partial charge in [0.05, 0.1) is 15.5 Å². The fraction of sp³-hybridized carbons (Fsp3) is 0.400. The Balaban J connectivity index is 2.28. The van der Waals surface area contributed by atoms with Gasteiger partial charge in [0.25, 0.3) is 0 Å². The molecule has 5 nitrogen and oxygen atoms in total. The molecule has 2 rings (SSSR count). The van der Waals surface area contributed by atoms with Crippen LogP contribution in [0, 0.1) is 10.1 Å². The lowest BCUT2D eigenvalue weighted by Gasteiger charge is -2.31. The molecule has 1 aromatic rings. The van der Waals surface area contributed by atoms with Crippen LogP contribution in [0.25, 0.3) is 0 Å². The summed E-state index contributed by atoms with van der Waals surface area (Å²) in [6.07, 6.45) is 0.435. The average Bonchev–Trinajstić information content (AvgIpc) is 2.18. The minimum Gasteiger partial charge on any atom is -0.483 e. The van der Waals surface area contributed by atoms with Crippen LogP contribution in [-0.2, 0) is 0 Å². The molecule has 1 aliphatic carbocycles. The van der Waals surface area contributed by atoms with E-state index in [1.165, 1.54) is 6.07 Å². The minimum absolute atomic E-state index is 0.163. The highest BCUT2D eigenvalue weighted by atomic mass is 79.9. The summed E-state index contributed by atoms with van der Waals surface area (Å²) in [4.78, 5) is 10.3. The van der Waals surface area contributed by atoms with Crippen molar-refractivity contribution in [3.63, 3.8) is 0 Å². The molecule has 0 amide bonds. The number of halogens is 2. The summed E-state index contributed by atoms with van der Waals surface area (Å²) in [5.74, 6) is 0.163. The number of nitro groups is 1. The lowest BCUT2D eigenvalue weighted by Crippen LogP contribution is -2.37. The standard InChI is InChI=1S/C10H9BrClNO4/c11-8-1-5(12)2-9(13(15)16)10(8)17-7-3-6(14)4-7/h1-2,6-7,14H,3-4H2. The Morgan fingerprint density at radius 1 is 1.53 bits per heavy atom. The van der Waals surface area contributed by atoms with Crippen molar-refractivity contribution in [2.24, 2.45) is 0 Å². The van der Waals surface area contributed by atoms with E-state index in [1.54, 1.807) is 6.07 Å². The summed E-state index contributed by atoms with van der Waals surface area (Å²) in [6, 6.07) is 2.79. The number of hydrogen-bond acceptors (Lipinski definition) is 4. The van der Waals surface area contributed by atoms with Crippen LogP contribution < -0.4 is 4.74 Å². The summed E-state index contributed by atoms with van der Waals surface area (Å²) in [5.41, 5.74) is -0.175. The Morgan fingerprint density at radius 2 is 2.18 bits per heavy atom. The number of hydrogen-bond donors (Lipinski definition) is 1. The number of nitro benzene ring substituents is 1. The minimum atomic E-state index is -0.541. The number of nitrogens with zero attached hydrogens (tertiary/aromatic N) is 1. The molecule has 0 saturated heterocycles. The van der Waals surface area contributed by atoms with E-state index in [0.717, 1.165) is 0 Å². The van der Waals surface area contributed by atoms with Crippen LogP contribution in [0.4, 0.5) is 5.69 Å². The van der Waals surface area contributed by atoms with E-state index >= 15 is 0 Å². The zero-order valence-corrected chi connectivity index (χ0v) is 10.9. The smallest absolute Gasteiger partial charge is 0.313 e. The first-order chi connectivity index (χ1) is 7.97. The molecule has 0 unspecified atom stereocenters. The van der Waals surface area contributed by atoms with Crippen LogP contribution in [0.3, 0.4) is 0 Å². The highest BCUT2D eigenvalue weighted by molar-refractivity contribution is 9.10. The zero-order chi connectivity index (χ0) is 12.6. The molecule has 0 aromatic heterocycles. The van der Waals surface area contributed by atoms with Crippen LogP contribution in [0.15, 0.2) is 16.6 Å². The van der Waals surface area contributed by atoms with Crippen LogP contribution in [0.2, 0.25) is 5.02 Å². The quantitative estimate of drug-likeness (QED) is 0.686. The second-order valence-electron chi connectivity index (χ2n) is 3.86. The van der Waals surface area contributed by atoms with Crippen LogP contribution in [0.5, 0.6) is 5.75 Å². The van der Waals surface area contributed by atoms with E-state index < -0.39 is 4.92 Å². The molecule has 0 heterocycles. The predicted molar refractivity (Wildman–Crippen MR) is 65.5 cm³/mol. The van der Waals surface area contributed by atoms with Gasteiger partial charge in [0.2, 0.25) is 5.75 Å². The van der Waals surface area contributed by atoms with Gasteiger partial charge in [-0.1, -0.05) is 11.6 Å². The van der Waals surface area contributed by atoms with Crippen LogP contribution in [0.1, 0.15) is 12.8 Å². The third-order valence-corrected chi connectivity index (χ3v) is 3.35. The van der Waals surface area contributed by atoms with Crippen molar-refractivity contribution in [1.29, 1.82) is 0 Å². The Kier molecular flexibility index (Phi) is 3.56. The molecule has 0 aliphatic heterocycles. The van der Waals surface area contributed by atoms with Gasteiger partial charge < -0.3 is 9.84 Å². The number of aliphatic hydroxyl groups is 1. The molecule has 17 heavy (non-hydrogen) atoms. The highest BCUT2D eigenvalue weighted by Crippen LogP contribution is 2.40. The topological polar surface area (TPSA) is 72.6 Å². The van der Waals surface area contributed by atoms with E-state index in [2.05, 4.69) is 15.9 Å². The van der Waals surface area contributed by atoms with Gasteiger partial charge in [0.1, 0.15) is 6.10 Å². The molecule has 7 heteroatoms. The summed E-state index contributed by atoms with van der Waals surface area (Å²) >= 11 is 8.93. The van der Waals surface area contributed by atoms with Gasteiger partial charge in [-0.2, -0.15) is 0 Å². The van der Waals surface area contributed by atoms with Gasteiger partial charge in [-0.15, -0.1) is 0 Å². The van der Waals surface area contributed by atoms with E-state index in [9.17, 15) is 10.1 Å². The molecule has 0 radical (unpaired) electrons. The SMILES string of the molecule is O=[N+]([O-])c1cc(Cl)cc(Br)c1OC1CC(O)C1. The molecule has 1 saturated carbocycles. The molecule has 0 bridgehead atoms. The molecule has 0 spiro atoms. The molecule has 1 aliphatic rings. The molecule has 92 valence electrons. The van der Waals surface area contributed by atoms with Crippen molar-refractivity contribution in [3.05, 3.63) is 31.7 Å². The van der Waals surface area contributed by atoms with E-state index in [1.807, 2.05) is 0 Å². The van der Waals surface area contributed by atoms with Gasteiger partial charge in [-0.05, 0) is 22.0 Å². The maximum Gasteiger partial charge on any atom is 0.313 e. The van der Waals surface area contributed by atoms with E-state index in [-0.39, 0.29) is 28.7 Å². The second kappa shape index (κ2) is 4.80. The lowest BCUT2D eigenvalue weighted by molar-refractivity contribution is -0.386. The van der Waals surface area contributed by atoms with Crippen molar-refractivity contribution in [3.8, 4) is 5.75 Å². The average molecular weight is 323 g/mol. The molecule has 1 fully saturated rings. The van der Waals surface area contributed by atoms with Gasteiger partial charge in [-0.3, -0.25) is 10.1 Å². The summed E-state index contributed by atoms with van der Waals surface area (Å²) in [6.45, 7) is 0. The first kappa shape index (κ1) is 12.6. The molecule has 0 atom stereocenters. The summed E-state index contributed by atoms with van der Waals surface area (Å²) in [7, 11) is 0. The zero-order valence-electron chi connectivity index (χ0n) is 8.60. The lowest BCUT2D eigenvalue weighted by atomic mass is 9.92. The maximum absolute atomic E-state index is 10.9. The molecule has 1 aromatic carbocycles. The Morgan fingerprint density at radius 3 is 2.71 bits per heavy atom. The predicted octanol–water partition coefficient (Wildman–Crippen LogP) is 2.91. The number of aliphatic hydroxyl groups excluding tert-OH is 1. The molecular weight excluding hydrogens is 313 g/mol. The molecule has 1 N–H and O–H groups in total. The largest absolute Gasteiger partial charge is 0.483 e. The van der Waals surface area contributed by atoms with Crippen LogP contribution in [-0.4, -0.2) is 22.2 Å². The van der Waals surface area contributed by atoms with Gasteiger partial charge in [0.15, 0.2) is 0 Å². The first-order valence-corrected chi connectivity index (χ1v) is 6.12. The third-order valence-electron chi connectivity index (χ3n) is 2.54. The van der Waals surface area contributed by atoms with Gasteiger partial charge >= 0.3 is 5.69 Å². The van der Waals surface area contributed by atoms with Crippen molar-refractivity contribution < 1.29 is 14.8 Å². The van der Waals surface area contributed by atoms with Crippen molar-refractivity contribution >= 4 is 33.2 Å². The van der Waals surface area contributed by atoms with Crippen molar-refractivity contribution in [2.45, 2.75) is 25.0 Å². The van der Waals surface area contributed by atoms with Gasteiger partial charge in [0, 0.05) is 23.9 Å². The fourth-order valence-corrected chi connectivity index (χ4v) is 2.49. The number of ether oxygens (including phenoxy) is 1. The van der Waals surface area contributed by atoms with E-state index in [4.69, 9.17) is 21.4 Å². The van der Waals surface area contributed by atoms with E-state index in [0.29, 0.717) is 17.3 Å². The first-order valence-electron chi connectivity index (χ1n) is 4.95. The highest BCUT2D eigenvalue weighted by Gasteiger charge is 2.32. The summed E-state index contributed by atoms with van der Waals surface area (Å²) in [5, 5.41) is 20.3. The normalized spacial score (nSPS) is 23.0. The fourth-order valence-electron chi connectivity index (χ4n) is 1.60. The second-order valence-corrected chi connectivity index (χ2v) is 5.15. The number of benzene rings is 1. The Bertz CT molecular complexity index is 462.